The summed E-state index contributed by atoms with van der Waals surface area (Å²) in [7, 11) is 0. The minimum absolute atomic E-state index is 0.00422. The van der Waals surface area contributed by atoms with Crippen LogP contribution in [0.2, 0.25) is 0 Å². The Morgan fingerprint density at radius 1 is 1.21 bits per heavy atom. The molecule has 1 N–H and O–H groups in total. The van der Waals surface area contributed by atoms with Gasteiger partial charge in [0.25, 0.3) is 5.56 Å². The van der Waals surface area contributed by atoms with Crippen LogP contribution in [0.3, 0.4) is 0 Å². The second-order valence-corrected chi connectivity index (χ2v) is 11.8. The van der Waals surface area contributed by atoms with Gasteiger partial charge in [0.1, 0.15) is 10.5 Å². The quantitative estimate of drug-likeness (QED) is 0.565. The zero-order valence-electron chi connectivity index (χ0n) is 19.5. The van der Waals surface area contributed by atoms with E-state index in [1.165, 1.54) is 49.9 Å². The largest absolute Gasteiger partial charge is 0.353 e. The molecule has 4 fully saturated rings. The van der Waals surface area contributed by atoms with Gasteiger partial charge in [-0.1, -0.05) is 6.92 Å². The van der Waals surface area contributed by atoms with Gasteiger partial charge in [-0.15, -0.1) is 21.5 Å². The zero-order valence-corrected chi connectivity index (χ0v) is 20.4. The standard InChI is InChI=1S/C25H33N5O2S/c1-3-7-29-23(32)22-19(6-8-33-22)30-20(27-28-24(29)30)4-5-21(31)26-15(2)25-12-16-9-17(13-25)11-18(10-16)14-25/h6,8,15-18H,3-5,7,9-14H2,1-2H3,(H,26,31). The first kappa shape index (κ1) is 21.3. The van der Waals surface area contributed by atoms with Crippen LogP contribution in [-0.4, -0.2) is 31.1 Å². The number of amides is 1. The molecule has 8 heteroatoms. The van der Waals surface area contributed by atoms with Crippen LogP contribution in [0.1, 0.15) is 71.0 Å². The van der Waals surface area contributed by atoms with E-state index in [-0.39, 0.29) is 17.5 Å². The van der Waals surface area contributed by atoms with Crippen LogP contribution in [0.5, 0.6) is 0 Å². The third-order valence-corrected chi connectivity index (χ3v) is 9.58. The molecule has 1 unspecified atom stereocenters. The lowest BCUT2D eigenvalue weighted by atomic mass is 9.48. The molecule has 4 bridgehead atoms. The highest BCUT2D eigenvalue weighted by molar-refractivity contribution is 7.17. The molecular formula is C25H33N5O2S. The molecule has 0 aromatic carbocycles. The first-order valence-electron chi connectivity index (χ1n) is 12.6. The highest BCUT2D eigenvalue weighted by Crippen LogP contribution is 2.61. The maximum absolute atomic E-state index is 13.0. The van der Waals surface area contributed by atoms with E-state index in [2.05, 4.69) is 22.4 Å². The number of aromatic nitrogens is 4. The van der Waals surface area contributed by atoms with E-state index in [1.807, 2.05) is 22.8 Å². The molecule has 0 aliphatic heterocycles. The molecule has 33 heavy (non-hydrogen) atoms. The van der Waals surface area contributed by atoms with Crippen molar-refractivity contribution in [3.05, 3.63) is 27.6 Å². The number of fused-ring (bicyclic) bond motifs is 3. The lowest BCUT2D eigenvalue weighted by Crippen LogP contribution is -2.55. The fraction of sp³-hybridized carbons (Fsp3) is 0.680. The fourth-order valence-electron chi connectivity index (χ4n) is 7.57. The van der Waals surface area contributed by atoms with Crippen molar-refractivity contribution >= 4 is 33.2 Å². The SMILES string of the molecule is CCCn1c(=O)c2sccc2n2c(CCC(=O)NC(C)C34CC5CC(CC(C5)C3)C4)nnc12. The van der Waals surface area contributed by atoms with Crippen molar-refractivity contribution in [3.63, 3.8) is 0 Å². The molecule has 176 valence electrons. The first-order valence-corrected chi connectivity index (χ1v) is 13.5. The van der Waals surface area contributed by atoms with E-state index in [9.17, 15) is 9.59 Å². The van der Waals surface area contributed by atoms with Gasteiger partial charge in [0.15, 0.2) is 0 Å². The van der Waals surface area contributed by atoms with E-state index < -0.39 is 0 Å². The van der Waals surface area contributed by atoms with Crippen molar-refractivity contribution in [1.82, 2.24) is 24.5 Å². The number of nitrogens with one attached hydrogen (secondary N) is 1. The number of thiophene rings is 1. The number of hydrogen-bond acceptors (Lipinski definition) is 5. The van der Waals surface area contributed by atoms with Crippen LogP contribution in [0.15, 0.2) is 16.2 Å². The van der Waals surface area contributed by atoms with Gasteiger partial charge in [-0.3, -0.25) is 18.6 Å². The van der Waals surface area contributed by atoms with Crippen molar-refractivity contribution in [3.8, 4) is 0 Å². The van der Waals surface area contributed by atoms with Gasteiger partial charge >= 0.3 is 0 Å². The summed E-state index contributed by atoms with van der Waals surface area (Å²) in [4.78, 5) is 25.9. The summed E-state index contributed by atoms with van der Waals surface area (Å²) in [5.74, 6) is 4.06. The Labute approximate surface area is 197 Å². The Morgan fingerprint density at radius 3 is 2.58 bits per heavy atom. The second kappa shape index (κ2) is 7.93. The average molecular weight is 468 g/mol. The van der Waals surface area contributed by atoms with Crippen molar-refractivity contribution < 1.29 is 4.79 Å². The van der Waals surface area contributed by atoms with Crippen molar-refractivity contribution in [2.45, 2.75) is 84.2 Å². The van der Waals surface area contributed by atoms with Gasteiger partial charge in [-0.2, -0.15) is 0 Å². The number of aryl methyl sites for hydroxylation is 2. The van der Waals surface area contributed by atoms with Crippen LogP contribution in [-0.2, 0) is 17.8 Å². The molecule has 4 saturated carbocycles. The lowest BCUT2D eigenvalue weighted by molar-refractivity contribution is -0.125. The fourth-order valence-corrected chi connectivity index (χ4v) is 8.39. The smallest absolute Gasteiger partial charge is 0.272 e. The Bertz CT molecular complexity index is 1240. The minimum Gasteiger partial charge on any atom is -0.353 e. The van der Waals surface area contributed by atoms with Gasteiger partial charge < -0.3 is 5.32 Å². The number of carbonyl (C=O) groups is 1. The summed E-state index contributed by atoms with van der Waals surface area (Å²) in [6, 6.07) is 2.18. The summed E-state index contributed by atoms with van der Waals surface area (Å²) in [6.45, 7) is 4.89. The Morgan fingerprint density at radius 2 is 1.91 bits per heavy atom. The maximum atomic E-state index is 13.0. The third kappa shape index (κ3) is 3.44. The van der Waals surface area contributed by atoms with Crippen LogP contribution in [0.4, 0.5) is 0 Å². The van der Waals surface area contributed by atoms with Gasteiger partial charge in [0.05, 0.1) is 5.52 Å². The number of carbonyl (C=O) groups excluding carboxylic acids is 1. The molecule has 7 rings (SSSR count). The molecule has 7 nitrogen and oxygen atoms in total. The molecule has 4 aliphatic carbocycles. The molecule has 0 radical (unpaired) electrons. The predicted octanol–water partition coefficient (Wildman–Crippen LogP) is 4.17. The van der Waals surface area contributed by atoms with Crippen molar-refractivity contribution in [2.75, 3.05) is 0 Å². The van der Waals surface area contributed by atoms with Crippen molar-refractivity contribution in [1.29, 1.82) is 0 Å². The van der Waals surface area contributed by atoms with E-state index in [0.717, 1.165) is 40.2 Å². The monoisotopic (exact) mass is 467 g/mol. The summed E-state index contributed by atoms with van der Waals surface area (Å²) in [5.41, 5.74) is 1.15. The minimum atomic E-state index is -0.00422. The first-order chi connectivity index (χ1) is 16.0. The summed E-state index contributed by atoms with van der Waals surface area (Å²) < 4.78 is 4.40. The van der Waals surface area contributed by atoms with Gasteiger partial charge in [0.2, 0.25) is 11.7 Å². The van der Waals surface area contributed by atoms with Crippen LogP contribution < -0.4 is 10.9 Å². The summed E-state index contributed by atoms with van der Waals surface area (Å²) in [6.07, 6.45) is 9.87. The lowest BCUT2D eigenvalue weighted by Gasteiger charge is -2.59. The Hall–Kier alpha value is -2.22. The molecule has 3 heterocycles. The third-order valence-electron chi connectivity index (χ3n) is 8.68. The molecule has 3 aromatic heterocycles. The van der Waals surface area contributed by atoms with Crippen LogP contribution in [0.25, 0.3) is 16.0 Å². The molecule has 4 aliphatic rings. The number of hydrogen-bond donors (Lipinski definition) is 1. The van der Waals surface area contributed by atoms with E-state index in [1.54, 1.807) is 4.57 Å². The topological polar surface area (TPSA) is 81.3 Å². The predicted molar refractivity (Wildman–Crippen MR) is 129 cm³/mol. The van der Waals surface area contributed by atoms with Crippen LogP contribution in [0, 0.1) is 23.2 Å². The molecule has 0 spiro atoms. The zero-order chi connectivity index (χ0) is 22.7. The molecule has 1 atom stereocenters. The normalized spacial score (nSPS) is 29.2. The van der Waals surface area contributed by atoms with Crippen LogP contribution >= 0.6 is 11.3 Å². The highest BCUT2D eigenvalue weighted by Gasteiger charge is 2.53. The van der Waals surface area contributed by atoms with E-state index >= 15 is 0 Å². The highest BCUT2D eigenvalue weighted by atomic mass is 32.1. The average Bonchev–Trinajstić information content (AvgIpc) is 3.41. The number of nitrogens with zero attached hydrogens (tertiary/aromatic N) is 4. The van der Waals surface area contributed by atoms with Crippen molar-refractivity contribution in [2.24, 2.45) is 23.2 Å². The Balaban J connectivity index is 1.20. The van der Waals surface area contributed by atoms with Gasteiger partial charge in [0, 0.05) is 25.4 Å². The van der Waals surface area contributed by atoms with Gasteiger partial charge in [-0.25, -0.2) is 0 Å². The number of rotatable bonds is 7. The Kier molecular flexibility index (Phi) is 5.12. The molecule has 0 saturated heterocycles. The van der Waals surface area contributed by atoms with Gasteiger partial charge in [-0.05, 0) is 86.5 Å². The molecule has 1 amide bonds. The molecular weight excluding hydrogens is 434 g/mol. The summed E-state index contributed by atoms with van der Waals surface area (Å²) in [5, 5.41) is 14.0. The maximum Gasteiger partial charge on any atom is 0.272 e. The molecule has 3 aromatic rings. The van der Waals surface area contributed by atoms with E-state index in [0.29, 0.717) is 30.6 Å². The second-order valence-electron chi connectivity index (χ2n) is 10.9. The summed E-state index contributed by atoms with van der Waals surface area (Å²) >= 11 is 1.45. The van der Waals surface area contributed by atoms with E-state index in [4.69, 9.17) is 0 Å².